The summed E-state index contributed by atoms with van der Waals surface area (Å²) in [5.74, 6) is -2.69. The lowest BCUT2D eigenvalue weighted by Gasteiger charge is -2.29. The summed E-state index contributed by atoms with van der Waals surface area (Å²) in [5, 5.41) is 6.65. The fourth-order valence-electron chi connectivity index (χ4n) is 2.99. The molecule has 12 heteroatoms. The standard InChI is InChI=1S/C16H16F5N5O.ClH/c17-10-1-2-12(18)9(5-10)6-11(22)7-14(27)25-3-4-26-13(8-25)23-24-15(26)16(19,20)21;/h1-2,5,11H,3-4,6-8,22H2;1H/t11-;/m1./s1. The Bertz CT molecular complexity index is 856. The molecular weight excluding hydrogens is 409 g/mol. The first kappa shape index (κ1) is 22.0. The van der Waals surface area contributed by atoms with Crippen LogP contribution in [0.4, 0.5) is 22.0 Å². The minimum atomic E-state index is -4.62. The minimum absolute atomic E-state index is 0. The quantitative estimate of drug-likeness (QED) is 0.763. The maximum atomic E-state index is 13.7. The van der Waals surface area contributed by atoms with Gasteiger partial charge >= 0.3 is 6.18 Å². The predicted molar refractivity (Wildman–Crippen MR) is 90.3 cm³/mol. The number of aromatic nitrogens is 3. The first-order valence-corrected chi connectivity index (χ1v) is 8.11. The molecule has 0 spiro atoms. The zero-order valence-corrected chi connectivity index (χ0v) is 15.2. The number of nitrogens with two attached hydrogens (primary N) is 1. The Morgan fingerprint density at radius 2 is 1.93 bits per heavy atom. The SMILES string of the molecule is Cl.N[C@@H](CC(=O)N1CCn2c(nnc2C(F)(F)F)C1)Cc1cc(F)ccc1F. The lowest BCUT2D eigenvalue weighted by atomic mass is 10.0. The van der Waals surface area contributed by atoms with E-state index in [0.29, 0.717) is 0 Å². The molecule has 0 radical (unpaired) electrons. The second kappa shape index (κ2) is 8.39. The molecule has 1 atom stereocenters. The highest BCUT2D eigenvalue weighted by atomic mass is 35.5. The number of carbonyl (C=O) groups is 1. The van der Waals surface area contributed by atoms with Gasteiger partial charge in [-0.3, -0.25) is 4.79 Å². The Kier molecular flexibility index (Phi) is 6.60. The monoisotopic (exact) mass is 425 g/mol. The number of amides is 1. The number of alkyl halides is 3. The van der Waals surface area contributed by atoms with Crippen LogP contribution in [0.2, 0.25) is 0 Å². The maximum Gasteiger partial charge on any atom is 0.451 e. The average Bonchev–Trinajstić information content (AvgIpc) is 3.01. The van der Waals surface area contributed by atoms with Gasteiger partial charge in [-0.2, -0.15) is 13.2 Å². The topological polar surface area (TPSA) is 77.0 Å². The van der Waals surface area contributed by atoms with Crippen LogP contribution in [-0.4, -0.2) is 38.2 Å². The molecule has 0 fully saturated rings. The number of hydrogen-bond acceptors (Lipinski definition) is 4. The van der Waals surface area contributed by atoms with Gasteiger partial charge in [-0.25, -0.2) is 8.78 Å². The van der Waals surface area contributed by atoms with E-state index >= 15 is 0 Å². The second-order valence-corrected chi connectivity index (χ2v) is 6.31. The van der Waals surface area contributed by atoms with E-state index in [0.717, 1.165) is 22.8 Å². The lowest BCUT2D eigenvalue weighted by Crippen LogP contribution is -2.42. The van der Waals surface area contributed by atoms with E-state index < -0.39 is 35.6 Å². The summed E-state index contributed by atoms with van der Waals surface area (Å²) >= 11 is 0. The molecule has 0 bridgehead atoms. The van der Waals surface area contributed by atoms with Gasteiger partial charge in [-0.05, 0) is 30.2 Å². The molecule has 154 valence electrons. The van der Waals surface area contributed by atoms with Crippen LogP contribution in [0, 0.1) is 11.6 Å². The van der Waals surface area contributed by atoms with Crippen LogP contribution in [0.1, 0.15) is 23.6 Å². The Morgan fingerprint density at radius 1 is 1.21 bits per heavy atom. The average molecular weight is 426 g/mol. The molecule has 2 aromatic rings. The molecule has 1 aliphatic rings. The summed E-state index contributed by atoms with van der Waals surface area (Å²) in [4.78, 5) is 13.7. The van der Waals surface area contributed by atoms with Crippen LogP contribution in [0.3, 0.4) is 0 Å². The molecule has 2 heterocycles. The van der Waals surface area contributed by atoms with Gasteiger partial charge in [0.15, 0.2) is 5.82 Å². The van der Waals surface area contributed by atoms with E-state index in [4.69, 9.17) is 5.73 Å². The molecule has 1 amide bonds. The molecule has 3 rings (SSSR count). The summed E-state index contributed by atoms with van der Waals surface area (Å²) in [6.45, 7) is -0.159. The van der Waals surface area contributed by atoms with Gasteiger partial charge in [-0.15, -0.1) is 22.6 Å². The van der Waals surface area contributed by atoms with E-state index in [2.05, 4.69) is 10.2 Å². The van der Waals surface area contributed by atoms with Crippen LogP contribution in [0.15, 0.2) is 18.2 Å². The van der Waals surface area contributed by atoms with E-state index in [-0.39, 0.29) is 56.3 Å². The molecule has 2 N–H and O–H groups in total. The summed E-state index contributed by atoms with van der Waals surface area (Å²) in [6, 6.07) is 2.21. The molecule has 0 aliphatic carbocycles. The number of fused-ring (bicyclic) bond motifs is 1. The molecule has 28 heavy (non-hydrogen) atoms. The molecular formula is C16H17ClF5N5O. The summed E-state index contributed by atoms with van der Waals surface area (Å²) in [6.07, 6.45) is -4.82. The Balaban J connectivity index is 0.00000280. The Morgan fingerprint density at radius 3 is 2.61 bits per heavy atom. The Labute approximate surface area is 162 Å². The fourth-order valence-corrected chi connectivity index (χ4v) is 2.99. The number of rotatable bonds is 4. The van der Waals surface area contributed by atoms with Crippen molar-refractivity contribution in [3.8, 4) is 0 Å². The maximum absolute atomic E-state index is 13.7. The van der Waals surface area contributed by atoms with Gasteiger partial charge in [0.2, 0.25) is 11.7 Å². The van der Waals surface area contributed by atoms with E-state index in [1.54, 1.807) is 0 Å². The minimum Gasteiger partial charge on any atom is -0.333 e. The summed E-state index contributed by atoms with van der Waals surface area (Å²) < 4.78 is 66.3. The van der Waals surface area contributed by atoms with Crippen molar-refractivity contribution >= 4 is 18.3 Å². The molecule has 0 unspecified atom stereocenters. The third kappa shape index (κ3) is 4.76. The molecule has 1 aliphatic heterocycles. The third-order valence-electron chi connectivity index (χ3n) is 4.29. The third-order valence-corrected chi connectivity index (χ3v) is 4.29. The first-order valence-electron chi connectivity index (χ1n) is 8.11. The van der Waals surface area contributed by atoms with Crippen LogP contribution < -0.4 is 5.73 Å². The highest BCUT2D eigenvalue weighted by molar-refractivity contribution is 5.85. The van der Waals surface area contributed by atoms with Gasteiger partial charge < -0.3 is 15.2 Å². The summed E-state index contributed by atoms with van der Waals surface area (Å²) in [5.41, 5.74) is 5.93. The van der Waals surface area contributed by atoms with Crippen LogP contribution in [0.5, 0.6) is 0 Å². The zero-order chi connectivity index (χ0) is 19.8. The molecule has 1 aromatic heterocycles. The van der Waals surface area contributed by atoms with Gasteiger partial charge in [0.05, 0.1) is 6.54 Å². The summed E-state index contributed by atoms with van der Waals surface area (Å²) in [7, 11) is 0. The normalized spacial score (nSPS) is 15.0. The number of carbonyl (C=O) groups excluding carboxylic acids is 1. The van der Waals surface area contributed by atoms with E-state index in [1.165, 1.54) is 4.90 Å². The lowest BCUT2D eigenvalue weighted by molar-refractivity contribution is -0.148. The number of halogens is 6. The van der Waals surface area contributed by atoms with Crippen molar-refractivity contribution in [2.45, 2.75) is 38.1 Å². The van der Waals surface area contributed by atoms with Gasteiger partial charge in [0.1, 0.15) is 11.6 Å². The van der Waals surface area contributed by atoms with Crippen molar-refractivity contribution in [3.63, 3.8) is 0 Å². The van der Waals surface area contributed by atoms with E-state index in [1.807, 2.05) is 0 Å². The molecule has 6 nitrogen and oxygen atoms in total. The highest BCUT2D eigenvalue weighted by Gasteiger charge is 2.39. The second-order valence-electron chi connectivity index (χ2n) is 6.31. The highest BCUT2D eigenvalue weighted by Crippen LogP contribution is 2.29. The van der Waals surface area contributed by atoms with Crippen LogP contribution in [0.25, 0.3) is 0 Å². The first-order chi connectivity index (χ1) is 12.6. The Hall–Kier alpha value is -2.27. The van der Waals surface area contributed by atoms with Gasteiger partial charge in [0, 0.05) is 25.6 Å². The van der Waals surface area contributed by atoms with Crippen molar-refractivity contribution in [1.29, 1.82) is 0 Å². The van der Waals surface area contributed by atoms with E-state index in [9.17, 15) is 26.7 Å². The molecule has 0 saturated heterocycles. The van der Waals surface area contributed by atoms with Crippen molar-refractivity contribution in [2.24, 2.45) is 5.73 Å². The smallest absolute Gasteiger partial charge is 0.333 e. The number of hydrogen-bond donors (Lipinski definition) is 1. The predicted octanol–water partition coefficient (Wildman–Crippen LogP) is 2.30. The fraction of sp³-hybridized carbons (Fsp3) is 0.438. The number of nitrogens with zero attached hydrogens (tertiary/aromatic N) is 4. The van der Waals surface area contributed by atoms with Crippen molar-refractivity contribution < 1.29 is 26.7 Å². The van der Waals surface area contributed by atoms with Gasteiger partial charge in [-0.1, -0.05) is 0 Å². The van der Waals surface area contributed by atoms with Gasteiger partial charge in [0.25, 0.3) is 0 Å². The molecule has 0 saturated carbocycles. The largest absolute Gasteiger partial charge is 0.451 e. The van der Waals surface area contributed by atoms with Crippen LogP contribution >= 0.6 is 12.4 Å². The van der Waals surface area contributed by atoms with Crippen molar-refractivity contribution in [3.05, 3.63) is 47.0 Å². The number of benzene rings is 1. The molecule has 1 aromatic carbocycles. The van der Waals surface area contributed by atoms with Crippen molar-refractivity contribution in [1.82, 2.24) is 19.7 Å². The van der Waals surface area contributed by atoms with Crippen molar-refractivity contribution in [2.75, 3.05) is 6.54 Å². The zero-order valence-electron chi connectivity index (χ0n) is 14.4. The van der Waals surface area contributed by atoms with Crippen LogP contribution in [-0.2, 0) is 30.5 Å².